The van der Waals surface area contributed by atoms with Crippen LogP contribution in [0.2, 0.25) is 0 Å². The van der Waals surface area contributed by atoms with Crippen LogP contribution in [0.1, 0.15) is 79.6 Å². The van der Waals surface area contributed by atoms with E-state index in [0.717, 1.165) is 23.7 Å². The first-order chi connectivity index (χ1) is 8.91. The molecule has 0 amide bonds. The molecular formula is C19H36. The molecule has 1 fully saturated rings. The lowest BCUT2D eigenvalue weighted by Gasteiger charge is -2.35. The van der Waals surface area contributed by atoms with Gasteiger partial charge in [0.05, 0.1) is 0 Å². The van der Waals surface area contributed by atoms with E-state index in [2.05, 4.69) is 41.2 Å². The van der Waals surface area contributed by atoms with Gasteiger partial charge in [-0.1, -0.05) is 66.0 Å². The third kappa shape index (κ3) is 5.71. The Balaban J connectivity index is 2.65. The van der Waals surface area contributed by atoms with Gasteiger partial charge in [-0.25, -0.2) is 0 Å². The highest BCUT2D eigenvalue weighted by atomic mass is 14.3. The Hall–Kier alpha value is -0.260. The molecule has 0 N–H and O–H groups in total. The summed E-state index contributed by atoms with van der Waals surface area (Å²) >= 11 is 0. The number of allylic oxidation sites excluding steroid dienone is 1. The van der Waals surface area contributed by atoms with Crippen molar-refractivity contribution in [1.29, 1.82) is 0 Å². The number of rotatable bonds is 7. The van der Waals surface area contributed by atoms with E-state index < -0.39 is 0 Å². The van der Waals surface area contributed by atoms with Gasteiger partial charge < -0.3 is 0 Å². The Labute approximate surface area is 122 Å². The van der Waals surface area contributed by atoms with Gasteiger partial charge in [0.1, 0.15) is 0 Å². The van der Waals surface area contributed by atoms with Crippen molar-refractivity contribution >= 4 is 0 Å². The van der Waals surface area contributed by atoms with Gasteiger partial charge in [0.25, 0.3) is 0 Å². The van der Waals surface area contributed by atoms with Crippen LogP contribution in [0, 0.1) is 29.6 Å². The summed E-state index contributed by atoms with van der Waals surface area (Å²) in [6.45, 7) is 16.3. The molecule has 0 bridgehead atoms. The molecule has 0 nitrogen and oxygen atoms in total. The van der Waals surface area contributed by atoms with Gasteiger partial charge in [-0.05, 0) is 55.3 Å². The fourth-order valence-electron chi connectivity index (χ4n) is 3.95. The molecule has 1 aliphatic carbocycles. The van der Waals surface area contributed by atoms with Crippen molar-refractivity contribution in [2.45, 2.75) is 79.6 Å². The molecule has 0 heteroatoms. The SMILES string of the molecule is C=C(C(C)C)C(CC(C)CC(C)C)C1CCCCC1. The summed E-state index contributed by atoms with van der Waals surface area (Å²) in [5.74, 6) is 4.04. The van der Waals surface area contributed by atoms with Crippen molar-refractivity contribution in [2.24, 2.45) is 29.6 Å². The van der Waals surface area contributed by atoms with Crippen LogP contribution in [0.15, 0.2) is 12.2 Å². The lowest BCUT2D eigenvalue weighted by Crippen LogP contribution is -2.24. The Morgan fingerprint density at radius 1 is 0.947 bits per heavy atom. The first-order valence-electron chi connectivity index (χ1n) is 8.60. The monoisotopic (exact) mass is 264 g/mol. The Bertz CT molecular complexity index is 255. The summed E-state index contributed by atoms with van der Waals surface area (Å²) in [6.07, 6.45) is 10.00. The number of hydrogen-bond acceptors (Lipinski definition) is 0. The fraction of sp³-hybridized carbons (Fsp3) is 0.895. The van der Waals surface area contributed by atoms with Gasteiger partial charge in [-0.3, -0.25) is 0 Å². The van der Waals surface area contributed by atoms with E-state index in [4.69, 9.17) is 0 Å². The molecule has 112 valence electrons. The first-order valence-corrected chi connectivity index (χ1v) is 8.60. The molecule has 0 aromatic heterocycles. The van der Waals surface area contributed by atoms with E-state index in [1.807, 2.05) is 0 Å². The summed E-state index contributed by atoms with van der Waals surface area (Å²) in [4.78, 5) is 0. The van der Waals surface area contributed by atoms with Crippen LogP contribution in [-0.4, -0.2) is 0 Å². The van der Waals surface area contributed by atoms with Gasteiger partial charge in [0, 0.05) is 0 Å². The fourth-order valence-corrected chi connectivity index (χ4v) is 3.95. The summed E-state index contributed by atoms with van der Waals surface area (Å²) < 4.78 is 0. The second kappa shape index (κ2) is 8.12. The molecule has 1 saturated carbocycles. The maximum atomic E-state index is 4.46. The summed E-state index contributed by atoms with van der Waals surface area (Å²) in [5, 5.41) is 0. The average Bonchev–Trinajstić information content (AvgIpc) is 2.35. The van der Waals surface area contributed by atoms with Gasteiger partial charge in [0.15, 0.2) is 0 Å². The van der Waals surface area contributed by atoms with Crippen LogP contribution in [0.5, 0.6) is 0 Å². The molecule has 0 radical (unpaired) electrons. The molecule has 1 aliphatic rings. The molecule has 19 heavy (non-hydrogen) atoms. The predicted molar refractivity (Wildman–Crippen MR) is 87.3 cm³/mol. The highest BCUT2D eigenvalue weighted by Gasteiger charge is 2.28. The molecule has 2 unspecified atom stereocenters. The van der Waals surface area contributed by atoms with Crippen molar-refractivity contribution in [3.8, 4) is 0 Å². The van der Waals surface area contributed by atoms with E-state index in [1.165, 1.54) is 50.5 Å². The van der Waals surface area contributed by atoms with Crippen LogP contribution >= 0.6 is 0 Å². The highest BCUT2D eigenvalue weighted by Crippen LogP contribution is 2.40. The van der Waals surface area contributed by atoms with E-state index >= 15 is 0 Å². The van der Waals surface area contributed by atoms with E-state index in [9.17, 15) is 0 Å². The molecule has 0 aromatic rings. The summed E-state index contributed by atoms with van der Waals surface area (Å²) in [7, 11) is 0. The minimum absolute atomic E-state index is 0.651. The van der Waals surface area contributed by atoms with Crippen molar-refractivity contribution in [2.75, 3.05) is 0 Å². The largest absolute Gasteiger partial charge is 0.0993 e. The van der Waals surface area contributed by atoms with E-state index in [1.54, 1.807) is 0 Å². The molecule has 2 atom stereocenters. The molecule has 0 saturated heterocycles. The zero-order valence-electron chi connectivity index (χ0n) is 14.0. The lowest BCUT2D eigenvalue weighted by molar-refractivity contribution is 0.224. The molecule has 0 aromatic carbocycles. The topological polar surface area (TPSA) is 0 Å². The summed E-state index contributed by atoms with van der Waals surface area (Å²) in [6, 6.07) is 0. The highest BCUT2D eigenvalue weighted by molar-refractivity contribution is 5.06. The maximum absolute atomic E-state index is 4.46. The third-order valence-corrected chi connectivity index (χ3v) is 4.97. The average molecular weight is 264 g/mol. The standard InChI is InChI=1S/C19H36/c1-14(2)12-16(5)13-19(17(6)15(3)4)18-10-8-7-9-11-18/h14-16,18-19H,6-13H2,1-5H3. The van der Waals surface area contributed by atoms with Crippen LogP contribution in [0.25, 0.3) is 0 Å². The van der Waals surface area contributed by atoms with Crippen molar-refractivity contribution < 1.29 is 0 Å². The Morgan fingerprint density at radius 3 is 2.00 bits per heavy atom. The Morgan fingerprint density at radius 2 is 1.53 bits per heavy atom. The van der Waals surface area contributed by atoms with Crippen LogP contribution in [-0.2, 0) is 0 Å². The van der Waals surface area contributed by atoms with Crippen LogP contribution in [0.3, 0.4) is 0 Å². The van der Waals surface area contributed by atoms with Crippen molar-refractivity contribution in [3.05, 3.63) is 12.2 Å². The summed E-state index contributed by atoms with van der Waals surface area (Å²) in [5.41, 5.74) is 1.53. The second-order valence-electron chi connectivity index (χ2n) is 7.70. The van der Waals surface area contributed by atoms with E-state index in [-0.39, 0.29) is 0 Å². The lowest BCUT2D eigenvalue weighted by atomic mass is 9.70. The molecule has 0 spiro atoms. The van der Waals surface area contributed by atoms with Gasteiger partial charge in [-0.15, -0.1) is 0 Å². The second-order valence-corrected chi connectivity index (χ2v) is 7.70. The zero-order chi connectivity index (χ0) is 14.4. The third-order valence-electron chi connectivity index (χ3n) is 4.97. The molecule has 0 heterocycles. The molecular weight excluding hydrogens is 228 g/mol. The number of hydrogen-bond donors (Lipinski definition) is 0. The normalized spacial score (nSPS) is 20.8. The Kier molecular flexibility index (Phi) is 7.18. The molecule has 1 rings (SSSR count). The quantitative estimate of drug-likeness (QED) is 0.462. The molecule has 0 aliphatic heterocycles. The van der Waals surface area contributed by atoms with Gasteiger partial charge >= 0.3 is 0 Å². The van der Waals surface area contributed by atoms with Crippen LogP contribution in [0.4, 0.5) is 0 Å². The van der Waals surface area contributed by atoms with Gasteiger partial charge in [0.2, 0.25) is 0 Å². The first kappa shape index (κ1) is 16.8. The zero-order valence-corrected chi connectivity index (χ0v) is 14.0. The van der Waals surface area contributed by atoms with Crippen molar-refractivity contribution in [1.82, 2.24) is 0 Å². The predicted octanol–water partition coefficient (Wildman–Crippen LogP) is 6.47. The maximum Gasteiger partial charge on any atom is -0.0172 e. The van der Waals surface area contributed by atoms with E-state index in [0.29, 0.717) is 5.92 Å². The smallest absolute Gasteiger partial charge is 0.0172 e. The minimum Gasteiger partial charge on any atom is -0.0993 e. The van der Waals surface area contributed by atoms with Crippen molar-refractivity contribution in [3.63, 3.8) is 0 Å². The van der Waals surface area contributed by atoms with Gasteiger partial charge in [-0.2, -0.15) is 0 Å². The minimum atomic E-state index is 0.651. The van der Waals surface area contributed by atoms with Crippen LogP contribution < -0.4 is 0 Å².